The molecule has 10 aromatic rings. The van der Waals surface area contributed by atoms with Crippen LogP contribution in [0.1, 0.15) is 100 Å². The van der Waals surface area contributed by atoms with E-state index >= 15 is 0 Å². The van der Waals surface area contributed by atoms with Gasteiger partial charge in [-0.1, -0.05) is 146 Å². The van der Waals surface area contributed by atoms with Gasteiger partial charge in [-0.25, -0.2) is 0 Å². The molecule has 4 heterocycles. The Hall–Kier alpha value is -5.88. The predicted octanol–water partition coefficient (Wildman–Crippen LogP) is 20.2. The topological polar surface area (TPSA) is 0 Å². The van der Waals surface area contributed by atoms with E-state index in [0.717, 1.165) is 6.42 Å². The van der Waals surface area contributed by atoms with Gasteiger partial charge in [0.2, 0.25) is 0 Å². The zero-order valence-electron chi connectivity index (χ0n) is 40.3. The zero-order chi connectivity index (χ0) is 47.0. The summed E-state index contributed by atoms with van der Waals surface area (Å²) >= 11 is 7.63. The number of thiophene rings is 4. The number of aryl methyl sites for hydroxylation is 1. The van der Waals surface area contributed by atoms with Crippen molar-refractivity contribution in [2.45, 2.75) is 84.0 Å². The highest BCUT2D eigenvalue weighted by Gasteiger charge is 2.38. The number of hydrogen-bond donors (Lipinski definition) is 0. The molecule has 0 nitrogen and oxygen atoms in total. The second kappa shape index (κ2) is 15.8. The zero-order valence-corrected chi connectivity index (χ0v) is 43.6. The van der Waals surface area contributed by atoms with Crippen LogP contribution in [0.25, 0.3) is 94.7 Å². The highest BCUT2D eigenvalue weighted by Crippen LogP contribution is 2.55. The molecule has 4 aromatic heterocycles. The van der Waals surface area contributed by atoms with Crippen molar-refractivity contribution in [3.63, 3.8) is 0 Å². The highest BCUT2D eigenvalue weighted by atomic mass is 32.1. The van der Waals surface area contributed by atoms with Crippen molar-refractivity contribution in [3.05, 3.63) is 203 Å². The SMILES string of the molecule is CCCCc1ccc2c(c1)C(C)(C)c1cc(-c3ccc(-c4ccc(-c5ccc6c(c5)C(C)(C)c5cc(-c7ccc(-c8ccc(-c9ccc%10c(c9)C(C)(C)c9ccccc9-%10)s8)s7)ccc5-6)s4)s3)ccc1-2. The van der Waals surface area contributed by atoms with Gasteiger partial charge < -0.3 is 0 Å². The van der Waals surface area contributed by atoms with Crippen LogP contribution in [0.3, 0.4) is 0 Å². The van der Waals surface area contributed by atoms with Crippen LogP contribution in [0.5, 0.6) is 0 Å². The largest absolute Gasteiger partial charge is 0.134 e. The summed E-state index contributed by atoms with van der Waals surface area (Å²) in [5.41, 5.74) is 23.4. The summed E-state index contributed by atoms with van der Waals surface area (Å²) < 4.78 is 0. The molecule has 0 fully saturated rings. The van der Waals surface area contributed by atoms with Crippen LogP contribution in [0.2, 0.25) is 0 Å². The molecule has 3 aliphatic carbocycles. The Labute approximate surface area is 423 Å². The van der Waals surface area contributed by atoms with Gasteiger partial charge in [-0.2, -0.15) is 0 Å². The van der Waals surface area contributed by atoms with E-state index in [-0.39, 0.29) is 16.2 Å². The fourth-order valence-corrected chi connectivity index (χ4v) is 16.1. The molecule has 0 aliphatic heterocycles. The molecule has 3 aliphatic rings. The predicted molar refractivity (Wildman–Crippen MR) is 302 cm³/mol. The Balaban J connectivity index is 0.727. The lowest BCUT2D eigenvalue weighted by Crippen LogP contribution is -2.15. The summed E-state index contributed by atoms with van der Waals surface area (Å²) in [5.74, 6) is 0. The molecule has 0 atom stereocenters. The van der Waals surface area contributed by atoms with Crippen LogP contribution in [0, 0.1) is 0 Å². The maximum atomic E-state index is 2.48. The Morgan fingerprint density at radius 3 is 0.986 bits per heavy atom. The maximum absolute atomic E-state index is 2.48. The highest BCUT2D eigenvalue weighted by molar-refractivity contribution is 7.25. The first-order valence-electron chi connectivity index (χ1n) is 24.6. The molecule has 0 N–H and O–H groups in total. The number of benzene rings is 6. The maximum Gasteiger partial charge on any atom is 0.0449 e. The lowest BCUT2D eigenvalue weighted by atomic mass is 9.81. The molecule has 0 spiro atoms. The molecule has 4 heteroatoms. The minimum atomic E-state index is -0.114. The number of rotatable bonds is 9. The summed E-state index contributed by atoms with van der Waals surface area (Å²) in [6.45, 7) is 16.6. The summed E-state index contributed by atoms with van der Waals surface area (Å²) in [4.78, 5) is 10.6. The van der Waals surface area contributed by atoms with E-state index in [2.05, 4.69) is 212 Å². The number of fused-ring (bicyclic) bond motifs is 9. The average Bonchev–Trinajstić information content (AvgIpc) is 4.25. The molecule has 0 bridgehead atoms. The quantitative estimate of drug-likeness (QED) is 0.135. The average molecular weight is 963 g/mol. The molecule has 0 unspecified atom stereocenters. The fraction of sp³-hybridized carbons (Fsp3) is 0.200. The fourth-order valence-electron chi connectivity index (χ4n) is 11.9. The standard InChI is InChI=1S/C65H54S4/c1-8-9-12-38-15-20-44-46-22-17-40(35-52(46)64(4,5)50(44)33-38)56-26-30-61(67-56)62-32-28-58(69-62)42-19-24-48-47-23-18-41(36-53(47)65(6,7)54(48)37-42)57-27-31-60(68-57)59-29-25-55(66-59)39-16-21-45-43-13-10-11-14-49(43)63(2,3)51(45)34-39/h10-11,13-37H,8-9,12H2,1-7H3. The van der Waals surface area contributed by atoms with Gasteiger partial charge in [0.25, 0.3) is 0 Å². The van der Waals surface area contributed by atoms with Gasteiger partial charge in [0.1, 0.15) is 0 Å². The van der Waals surface area contributed by atoms with Crippen LogP contribution in [0.4, 0.5) is 0 Å². The van der Waals surface area contributed by atoms with E-state index < -0.39 is 0 Å². The first-order chi connectivity index (χ1) is 33.4. The second-order valence-corrected chi connectivity index (χ2v) is 25.4. The van der Waals surface area contributed by atoms with Crippen molar-refractivity contribution >= 4 is 45.3 Å². The minimum Gasteiger partial charge on any atom is -0.134 e. The molecule has 0 radical (unpaired) electrons. The summed E-state index contributed by atoms with van der Waals surface area (Å²) in [6.07, 6.45) is 3.63. The van der Waals surface area contributed by atoms with Crippen molar-refractivity contribution in [2.75, 3.05) is 0 Å². The second-order valence-electron chi connectivity index (χ2n) is 21.1. The Morgan fingerprint density at radius 1 is 0.304 bits per heavy atom. The lowest BCUT2D eigenvalue weighted by Gasteiger charge is -2.22. The molecule has 0 saturated carbocycles. The Bertz CT molecular complexity index is 3700. The molecular formula is C65H54S4. The van der Waals surface area contributed by atoms with Gasteiger partial charge in [0.05, 0.1) is 0 Å². The first kappa shape index (κ1) is 43.2. The van der Waals surface area contributed by atoms with Crippen LogP contribution in [-0.4, -0.2) is 0 Å². The van der Waals surface area contributed by atoms with Crippen molar-refractivity contribution in [2.24, 2.45) is 0 Å². The third-order valence-corrected chi connectivity index (χ3v) is 20.8. The first-order valence-corrected chi connectivity index (χ1v) is 27.9. The molecule has 13 rings (SSSR count). The third-order valence-electron chi connectivity index (χ3n) is 15.9. The third kappa shape index (κ3) is 6.77. The molecular weight excluding hydrogens is 909 g/mol. The van der Waals surface area contributed by atoms with Gasteiger partial charge in [-0.05, 0) is 180 Å². The minimum absolute atomic E-state index is 0.00123. The summed E-state index contributed by atoms with van der Waals surface area (Å²) in [5, 5.41) is 0. The van der Waals surface area contributed by atoms with E-state index in [9.17, 15) is 0 Å². The van der Waals surface area contributed by atoms with E-state index in [4.69, 9.17) is 0 Å². The molecule has 338 valence electrons. The van der Waals surface area contributed by atoms with Crippen LogP contribution in [0.15, 0.2) is 164 Å². The van der Waals surface area contributed by atoms with Crippen LogP contribution in [-0.2, 0) is 22.7 Å². The van der Waals surface area contributed by atoms with Crippen molar-refractivity contribution in [3.8, 4) is 94.7 Å². The van der Waals surface area contributed by atoms with Gasteiger partial charge in [-0.3, -0.25) is 0 Å². The summed E-state index contributed by atoms with van der Waals surface area (Å²) in [6, 6.07) is 63.3. The molecule has 6 aromatic carbocycles. The lowest BCUT2D eigenvalue weighted by molar-refractivity contribution is 0.658. The van der Waals surface area contributed by atoms with Crippen LogP contribution >= 0.6 is 45.3 Å². The van der Waals surface area contributed by atoms with Gasteiger partial charge >= 0.3 is 0 Å². The van der Waals surface area contributed by atoms with Crippen molar-refractivity contribution in [1.82, 2.24) is 0 Å². The Kier molecular flexibility index (Phi) is 9.90. The van der Waals surface area contributed by atoms with E-state index in [0.29, 0.717) is 0 Å². The monoisotopic (exact) mass is 962 g/mol. The Morgan fingerprint density at radius 2 is 0.609 bits per heavy atom. The summed E-state index contributed by atoms with van der Waals surface area (Å²) in [7, 11) is 0. The van der Waals surface area contributed by atoms with Crippen LogP contribution < -0.4 is 0 Å². The van der Waals surface area contributed by atoms with Crippen molar-refractivity contribution in [1.29, 1.82) is 0 Å². The number of hydrogen-bond acceptors (Lipinski definition) is 4. The van der Waals surface area contributed by atoms with Gasteiger partial charge in [0, 0.05) is 55.3 Å². The molecule has 0 amide bonds. The molecule has 0 saturated heterocycles. The van der Waals surface area contributed by atoms with Crippen molar-refractivity contribution < 1.29 is 0 Å². The molecule has 69 heavy (non-hydrogen) atoms. The van der Waals surface area contributed by atoms with Gasteiger partial charge in [-0.15, -0.1) is 45.3 Å². The van der Waals surface area contributed by atoms with E-state index in [1.165, 1.54) is 146 Å². The number of unbranched alkanes of at least 4 members (excludes halogenated alkanes) is 1. The van der Waals surface area contributed by atoms with Gasteiger partial charge in [0.15, 0.2) is 0 Å². The van der Waals surface area contributed by atoms with E-state index in [1.54, 1.807) is 0 Å². The normalized spacial score (nSPS) is 15.1. The smallest absolute Gasteiger partial charge is 0.0449 e. The van der Waals surface area contributed by atoms with E-state index in [1.807, 2.05) is 45.3 Å².